The number of thiol groups is 1. The van der Waals surface area contributed by atoms with Gasteiger partial charge in [0.25, 0.3) is 0 Å². The average molecular weight is 279 g/mol. The lowest BCUT2D eigenvalue weighted by atomic mass is 9.99. The summed E-state index contributed by atoms with van der Waals surface area (Å²) in [4.78, 5) is 2.60. The molecule has 0 saturated carbocycles. The summed E-state index contributed by atoms with van der Waals surface area (Å²) in [6.45, 7) is 9.19. The average Bonchev–Trinajstić information content (AvgIpc) is 2.43. The van der Waals surface area contributed by atoms with Crippen molar-refractivity contribution in [2.24, 2.45) is 0 Å². The molecule has 0 aliphatic carbocycles. The van der Waals surface area contributed by atoms with E-state index in [1.165, 1.54) is 31.4 Å². The SMILES string of the molecule is CCCCCN(CC(CS)c1ccccc1)C(C)C. The number of hydrogen-bond donors (Lipinski definition) is 1. The number of benzene rings is 1. The Labute approximate surface area is 124 Å². The smallest absolute Gasteiger partial charge is 0.00608 e. The van der Waals surface area contributed by atoms with E-state index in [0.717, 1.165) is 12.3 Å². The van der Waals surface area contributed by atoms with E-state index in [0.29, 0.717) is 12.0 Å². The summed E-state index contributed by atoms with van der Waals surface area (Å²) >= 11 is 4.55. The summed E-state index contributed by atoms with van der Waals surface area (Å²) in [5.74, 6) is 1.45. The van der Waals surface area contributed by atoms with E-state index in [4.69, 9.17) is 0 Å². The highest BCUT2D eigenvalue weighted by Crippen LogP contribution is 2.20. The lowest BCUT2D eigenvalue weighted by Crippen LogP contribution is -2.36. The van der Waals surface area contributed by atoms with Crippen molar-refractivity contribution in [2.45, 2.75) is 52.0 Å². The monoisotopic (exact) mass is 279 g/mol. The quantitative estimate of drug-likeness (QED) is 0.511. The van der Waals surface area contributed by atoms with Crippen molar-refractivity contribution in [2.75, 3.05) is 18.8 Å². The maximum absolute atomic E-state index is 4.55. The van der Waals surface area contributed by atoms with E-state index in [2.05, 4.69) is 68.6 Å². The highest BCUT2D eigenvalue weighted by atomic mass is 32.1. The van der Waals surface area contributed by atoms with Gasteiger partial charge in [0.1, 0.15) is 0 Å². The first-order valence-corrected chi connectivity index (χ1v) is 8.22. The van der Waals surface area contributed by atoms with E-state index in [-0.39, 0.29) is 0 Å². The lowest BCUT2D eigenvalue weighted by molar-refractivity contribution is 0.208. The first-order valence-electron chi connectivity index (χ1n) is 7.58. The Bertz CT molecular complexity index is 323. The minimum atomic E-state index is 0.536. The second-order valence-corrected chi connectivity index (χ2v) is 5.95. The molecule has 0 radical (unpaired) electrons. The van der Waals surface area contributed by atoms with Gasteiger partial charge in [0.05, 0.1) is 0 Å². The Hall–Kier alpha value is -0.470. The normalized spacial score (nSPS) is 13.2. The molecule has 0 bridgehead atoms. The van der Waals surface area contributed by atoms with Gasteiger partial charge in [-0.25, -0.2) is 0 Å². The van der Waals surface area contributed by atoms with Crippen molar-refractivity contribution in [1.82, 2.24) is 4.90 Å². The number of rotatable bonds is 9. The Morgan fingerprint density at radius 1 is 1.11 bits per heavy atom. The molecule has 0 saturated heterocycles. The van der Waals surface area contributed by atoms with Crippen molar-refractivity contribution in [3.8, 4) is 0 Å². The number of unbranched alkanes of at least 4 members (excludes halogenated alkanes) is 2. The van der Waals surface area contributed by atoms with Crippen LogP contribution in [0.3, 0.4) is 0 Å². The first kappa shape index (κ1) is 16.6. The molecule has 1 aromatic carbocycles. The molecule has 1 nitrogen and oxygen atoms in total. The maximum Gasteiger partial charge on any atom is 0.00608 e. The summed E-state index contributed by atoms with van der Waals surface area (Å²) < 4.78 is 0. The summed E-state index contributed by atoms with van der Waals surface area (Å²) in [5, 5.41) is 0. The van der Waals surface area contributed by atoms with Crippen LogP contribution in [-0.4, -0.2) is 29.8 Å². The fourth-order valence-electron chi connectivity index (χ4n) is 2.40. The Morgan fingerprint density at radius 2 is 1.79 bits per heavy atom. The molecule has 0 amide bonds. The maximum atomic E-state index is 4.55. The highest BCUT2D eigenvalue weighted by Gasteiger charge is 2.16. The van der Waals surface area contributed by atoms with Crippen LogP contribution in [0, 0.1) is 0 Å². The van der Waals surface area contributed by atoms with E-state index >= 15 is 0 Å². The van der Waals surface area contributed by atoms with Crippen LogP contribution in [0.4, 0.5) is 0 Å². The zero-order valence-electron chi connectivity index (χ0n) is 12.7. The van der Waals surface area contributed by atoms with E-state index in [1.54, 1.807) is 0 Å². The zero-order valence-corrected chi connectivity index (χ0v) is 13.6. The van der Waals surface area contributed by atoms with Gasteiger partial charge < -0.3 is 4.90 Å². The van der Waals surface area contributed by atoms with Crippen LogP contribution in [0.5, 0.6) is 0 Å². The van der Waals surface area contributed by atoms with Gasteiger partial charge in [0, 0.05) is 18.5 Å². The molecule has 1 unspecified atom stereocenters. The van der Waals surface area contributed by atoms with Crippen LogP contribution in [-0.2, 0) is 0 Å². The first-order chi connectivity index (χ1) is 9.19. The van der Waals surface area contributed by atoms with Crippen molar-refractivity contribution in [3.63, 3.8) is 0 Å². The van der Waals surface area contributed by atoms with Crippen molar-refractivity contribution >= 4 is 12.6 Å². The zero-order chi connectivity index (χ0) is 14.1. The number of nitrogens with zero attached hydrogens (tertiary/aromatic N) is 1. The molecule has 2 heteroatoms. The molecule has 1 atom stereocenters. The molecule has 0 spiro atoms. The van der Waals surface area contributed by atoms with Crippen molar-refractivity contribution in [3.05, 3.63) is 35.9 Å². The summed E-state index contributed by atoms with van der Waals surface area (Å²) in [5.41, 5.74) is 1.42. The van der Waals surface area contributed by atoms with E-state index in [1.807, 2.05) is 0 Å². The summed E-state index contributed by atoms with van der Waals surface area (Å²) in [7, 11) is 0. The van der Waals surface area contributed by atoms with E-state index in [9.17, 15) is 0 Å². The van der Waals surface area contributed by atoms with Crippen LogP contribution in [0.1, 0.15) is 51.5 Å². The highest BCUT2D eigenvalue weighted by molar-refractivity contribution is 7.80. The minimum Gasteiger partial charge on any atom is -0.300 e. The third kappa shape index (κ3) is 6.01. The minimum absolute atomic E-state index is 0.536. The second-order valence-electron chi connectivity index (χ2n) is 5.59. The van der Waals surface area contributed by atoms with E-state index < -0.39 is 0 Å². The van der Waals surface area contributed by atoms with Gasteiger partial charge in [-0.2, -0.15) is 12.6 Å². The molecule has 0 fully saturated rings. The largest absolute Gasteiger partial charge is 0.300 e. The van der Waals surface area contributed by atoms with Gasteiger partial charge in [-0.3, -0.25) is 0 Å². The van der Waals surface area contributed by atoms with Gasteiger partial charge in [-0.15, -0.1) is 0 Å². The second kappa shape index (κ2) is 9.44. The predicted octanol–water partition coefficient (Wildman–Crippen LogP) is 4.60. The molecule has 1 aromatic rings. The topological polar surface area (TPSA) is 3.24 Å². The molecule has 0 aromatic heterocycles. The van der Waals surface area contributed by atoms with Crippen LogP contribution >= 0.6 is 12.6 Å². The van der Waals surface area contributed by atoms with Crippen LogP contribution < -0.4 is 0 Å². The molecule has 108 valence electrons. The third-order valence-electron chi connectivity index (χ3n) is 3.73. The fraction of sp³-hybridized carbons (Fsp3) is 0.647. The molecule has 0 N–H and O–H groups in total. The van der Waals surface area contributed by atoms with Crippen molar-refractivity contribution in [1.29, 1.82) is 0 Å². The number of hydrogen-bond acceptors (Lipinski definition) is 2. The molecule has 1 rings (SSSR count). The fourth-order valence-corrected chi connectivity index (χ4v) is 2.73. The Balaban J connectivity index is 2.60. The molecule has 0 heterocycles. The van der Waals surface area contributed by atoms with Gasteiger partial charge in [0.15, 0.2) is 0 Å². The molecule has 19 heavy (non-hydrogen) atoms. The molecule has 0 aliphatic rings. The van der Waals surface area contributed by atoms with Gasteiger partial charge in [-0.1, -0.05) is 50.1 Å². The van der Waals surface area contributed by atoms with Gasteiger partial charge >= 0.3 is 0 Å². The molecular weight excluding hydrogens is 250 g/mol. The molecular formula is C17H29NS. The Morgan fingerprint density at radius 3 is 2.32 bits per heavy atom. The van der Waals surface area contributed by atoms with Crippen LogP contribution in [0.2, 0.25) is 0 Å². The van der Waals surface area contributed by atoms with Crippen molar-refractivity contribution < 1.29 is 0 Å². The third-order valence-corrected chi connectivity index (χ3v) is 4.17. The summed E-state index contributed by atoms with van der Waals surface area (Å²) in [6.07, 6.45) is 3.93. The Kier molecular flexibility index (Phi) is 8.24. The van der Waals surface area contributed by atoms with Gasteiger partial charge in [-0.05, 0) is 38.1 Å². The van der Waals surface area contributed by atoms with Gasteiger partial charge in [0.2, 0.25) is 0 Å². The standard InChI is InChI=1S/C17H29NS/c1-4-5-9-12-18(15(2)3)13-17(14-19)16-10-7-6-8-11-16/h6-8,10-11,15,17,19H,4-5,9,12-14H2,1-3H3. The predicted molar refractivity (Wildman–Crippen MR) is 89.3 cm³/mol. The van der Waals surface area contributed by atoms with Crippen LogP contribution in [0.25, 0.3) is 0 Å². The lowest BCUT2D eigenvalue weighted by Gasteiger charge is -2.30. The van der Waals surface area contributed by atoms with Crippen LogP contribution in [0.15, 0.2) is 30.3 Å². The summed E-state index contributed by atoms with van der Waals surface area (Å²) in [6, 6.07) is 11.4. The molecule has 0 aliphatic heterocycles.